The van der Waals surface area contributed by atoms with Gasteiger partial charge in [0.05, 0.1) is 6.26 Å². The topological polar surface area (TPSA) is 97.1 Å². The molecule has 0 aliphatic heterocycles. The van der Waals surface area contributed by atoms with Crippen LogP contribution in [0.1, 0.15) is 25.7 Å². The van der Waals surface area contributed by atoms with E-state index in [4.69, 9.17) is 16.1 Å². The summed E-state index contributed by atoms with van der Waals surface area (Å²) in [5, 5.41) is 7.91. The van der Waals surface area contributed by atoms with E-state index in [1.54, 1.807) is 12.1 Å². The van der Waals surface area contributed by atoms with Crippen molar-refractivity contribution in [1.82, 2.24) is 14.9 Å². The van der Waals surface area contributed by atoms with Gasteiger partial charge in [0.25, 0.3) is 0 Å². The highest BCUT2D eigenvalue weighted by molar-refractivity contribution is 7.88. The number of sulfonamides is 1. The summed E-state index contributed by atoms with van der Waals surface area (Å²) in [5.74, 6) is 0.894. The summed E-state index contributed by atoms with van der Waals surface area (Å²) < 4.78 is 30.2. The highest BCUT2D eigenvalue weighted by atomic mass is 35.5. The molecule has 3 rings (SSSR count). The Morgan fingerprint density at radius 1 is 1.20 bits per heavy atom. The van der Waals surface area contributed by atoms with Gasteiger partial charge in [-0.25, -0.2) is 13.1 Å². The van der Waals surface area contributed by atoms with Gasteiger partial charge in [-0.3, -0.25) is 0 Å². The van der Waals surface area contributed by atoms with Gasteiger partial charge in [0, 0.05) is 23.2 Å². The second kappa shape index (κ2) is 7.72. The SMILES string of the molecule is CS(=O)(=O)NC[C@H]1CC[C@H](Nc2nc(-c3ccc(Cl)cc3)no2)CC1. The number of aromatic nitrogens is 2. The predicted molar refractivity (Wildman–Crippen MR) is 97.0 cm³/mol. The number of nitrogens with one attached hydrogen (secondary N) is 2. The van der Waals surface area contributed by atoms with Crippen molar-refractivity contribution in [2.24, 2.45) is 5.92 Å². The molecule has 2 N–H and O–H groups in total. The van der Waals surface area contributed by atoms with Crippen LogP contribution in [0, 0.1) is 5.92 Å². The Labute approximate surface area is 152 Å². The minimum Gasteiger partial charge on any atom is -0.335 e. The third kappa shape index (κ3) is 5.42. The van der Waals surface area contributed by atoms with Crippen molar-refractivity contribution >= 4 is 27.6 Å². The van der Waals surface area contributed by atoms with E-state index < -0.39 is 10.0 Å². The average Bonchev–Trinajstić information content (AvgIpc) is 3.03. The normalized spacial score (nSPS) is 21.2. The molecular formula is C16H21ClN4O3S. The van der Waals surface area contributed by atoms with Gasteiger partial charge in [-0.1, -0.05) is 16.8 Å². The molecule has 25 heavy (non-hydrogen) atoms. The summed E-state index contributed by atoms with van der Waals surface area (Å²) in [7, 11) is -3.12. The van der Waals surface area contributed by atoms with Gasteiger partial charge < -0.3 is 9.84 Å². The Kier molecular flexibility index (Phi) is 5.61. The Balaban J connectivity index is 1.50. The number of nitrogens with zero attached hydrogens (tertiary/aromatic N) is 2. The molecule has 1 aliphatic carbocycles. The molecule has 0 bridgehead atoms. The Morgan fingerprint density at radius 3 is 2.52 bits per heavy atom. The molecule has 1 fully saturated rings. The summed E-state index contributed by atoms with van der Waals surface area (Å²) in [6, 6.07) is 7.92. The maximum absolute atomic E-state index is 11.2. The molecule has 1 aliphatic rings. The summed E-state index contributed by atoms with van der Waals surface area (Å²) in [6.45, 7) is 0.507. The van der Waals surface area contributed by atoms with E-state index >= 15 is 0 Å². The van der Waals surface area contributed by atoms with Gasteiger partial charge in [0.1, 0.15) is 0 Å². The van der Waals surface area contributed by atoms with Gasteiger partial charge in [-0.05, 0) is 55.9 Å². The second-order valence-corrected chi connectivity index (χ2v) is 8.68. The number of anilines is 1. The van der Waals surface area contributed by atoms with Crippen LogP contribution in [0.3, 0.4) is 0 Å². The van der Waals surface area contributed by atoms with Crippen LogP contribution in [-0.2, 0) is 10.0 Å². The fourth-order valence-electron chi connectivity index (χ4n) is 2.95. The maximum Gasteiger partial charge on any atom is 0.322 e. The van der Waals surface area contributed by atoms with Gasteiger partial charge in [0.15, 0.2) is 0 Å². The minimum absolute atomic E-state index is 0.257. The molecule has 1 heterocycles. The third-order valence-corrected chi connectivity index (χ3v) is 5.28. The van der Waals surface area contributed by atoms with E-state index in [2.05, 4.69) is 20.2 Å². The first kappa shape index (κ1) is 18.2. The van der Waals surface area contributed by atoms with Crippen LogP contribution in [-0.4, -0.2) is 37.4 Å². The zero-order valence-corrected chi connectivity index (χ0v) is 15.5. The summed E-state index contributed by atoms with van der Waals surface area (Å²) in [5.41, 5.74) is 0.844. The monoisotopic (exact) mass is 384 g/mol. The van der Waals surface area contributed by atoms with Crippen LogP contribution in [0.5, 0.6) is 0 Å². The van der Waals surface area contributed by atoms with Crippen LogP contribution in [0.2, 0.25) is 5.02 Å². The second-order valence-electron chi connectivity index (χ2n) is 6.41. The standard InChI is InChI=1S/C16H21ClN4O3S/c1-25(22,23)18-10-11-2-8-14(9-3-11)19-16-20-15(21-24-16)12-4-6-13(17)7-5-12/h4-7,11,14,18H,2-3,8-10H2,1H3,(H,19,20,21)/t11-,14-. The Bertz CT molecular complexity index is 799. The maximum atomic E-state index is 11.2. The quantitative estimate of drug-likeness (QED) is 0.794. The van der Waals surface area contributed by atoms with Crippen molar-refractivity contribution in [3.8, 4) is 11.4 Å². The molecule has 0 radical (unpaired) electrons. The number of benzene rings is 1. The highest BCUT2D eigenvalue weighted by Gasteiger charge is 2.23. The van der Waals surface area contributed by atoms with Gasteiger partial charge >= 0.3 is 6.01 Å². The van der Waals surface area contributed by atoms with E-state index in [-0.39, 0.29) is 6.04 Å². The summed E-state index contributed by atoms with van der Waals surface area (Å²) >= 11 is 5.88. The third-order valence-electron chi connectivity index (χ3n) is 4.34. The van der Waals surface area contributed by atoms with Crippen LogP contribution >= 0.6 is 11.6 Å². The number of hydrogen-bond acceptors (Lipinski definition) is 6. The molecule has 1 aromatic heterocycles. The molecule has 0 unspecified atom stereocenters. The van der Waals surface area contributed by atoms with Crippen molar-refractivity contribution in [3.05, 3.63) is 29.3 Å². The van der Waals surface area contributed by atoms with Crippen molar-refractivity contribution in [3.63, 3.8) is 0 Å². The molecule has 1 saturated carbocycles. The largest absolute Gasteiger partial charge is 0.335 e. The highest BCUT2D eigenvalue weighted by Crippen LogP contribution is 2.27. The average molecular weight is 385 g/mol. The Morgan fingerprint density at radius 2 is 1.88 bits per heavy atom. The molecule has 0 atom stereocenters. The molecule has 0 saturated heterocycles. The van der Waals surface area contributed by atoms with Gasteiger partial charge in [-0.15, -0.1) is 0 Å². The fourth-order valence-corrected chi connectivity index (χ4v) is 3.62. The summed E-state index contributed by atoms with van der Waals surface area (Å²) in [6.07, 6.45) is 4.98. The molecule has 0 spiro atoms. The van der Waals surface area contributed by atoms with Crippen LogP contribution in [0.15, 0.2) is 28.8 Å². The van der Waals surface area contributed by atoms with E-state index in [9.17, 15) is 8.42 Å². The van der Waals surface area contributed by atoms with Crippen LogP contribution in [0.4, 0.5) is 6.01 Å². The lowest BCUT2D eigenvalue weighted by Crippen LogP contribution is -2.33. The zero-order valence-electron chi connectivity index (χ0n) is 13.9. The minimum atomic E-state index is -3.12. The lowest BCUT2D eigenvalue weighted by molar-refractivity contribution is 0.330. The number of hydrogen-bond donors (Lipinski definition) is 2. The van der Waals surface area contributed by atoms with Crippen LogP contribution in [0.25, 0.3) is 11.4 Å². The molecule has 136 valence electrons. The van der Waals surface area contributed by atoms with Crippen molar-refractivity contribution < 1.29 is 12.9 Å². The Hall–Kier alpha value is -1.64. The van der Waals surface area contributed by atoms with Crippen LogP contribution < -0.4 is 10.0 Å². The van der Waals surface area contributed by atoms with Crippen molar-refractivity contribution in [2.75, 3.05) is 18.1 Å². The fraction of sp³-hybridized carbons (Fsp3) is 0.500. The van der Waals surface area contributed by atoms with E-state index in [0.29, 0.717) is 29.3 Å². The smallest absolute Gasteiger partial charge is 0.322 e. The first-order chi connectivity index (χ1) is 11.9. The van der Waals surface area contributed by atoms with E-state index in [0.717, 1.165) is 31.2 Å². The lowest BCUT2D eigenvalue weighted by atomic mass is 9.86. The molecule has 1 aromatic carbocycles. The predicted octanol–water partition coefficient (Wildman–Crippen LogP) is 2.91. The van der Waals surface area contributed by atoms with E-state index in [1.807, 2.05) is 12.1 Å². The number of halogens is 1. The molecule has 9 heteroatoms. The number of rotatable bonds is 6. The molecule has 0 amide bonds. The lowest BCUT2D eigenvalue weighted by Gasteiger charge is -2.28. The molecular weight excluding hydrogens is 364 g/mol. The zero-order chi connectivity index (χ0) is 17.9. The first-order valence-electron chi connectivity index (χ1n) is 8.20. The van der Waals surface area contributed by atoms with E-state index in [1.165, 1.54) is 6.26 Å². The molecule has 2 aromatic rings. The van der Waals surface area contributed by atoms with Gasteiger partial charge in [-0.2, -0.15) is 4.98 Å². The van der Waals surface area contributed by atoms with Gasteiger partial charge in [0.2, 0.25) is 15.8 Å². The first-order valence-corrected chi connectivity index (χ1v) is 10.5. The summed E-state index contributed by atoms with van der Waals surface area (Å²) in [4.78, 5) is 4.37. The van der Waals surface area contributed by atoms with Crippen molar-refractivity contribution in [2.45, 2.75) is 31.7 Å². The molecule has 7 nitrogen and oxygen atoms in total. The van der Waals surface area contributed by atoms with Crippen molar-refractivity contribution in [1.29, 1.82) is 0 Å².